The van der Waals surface area contributed by atoms with E-state index in [0.29, 0.717) is 12.3 Å². The lowest BCUT2D eigenvalue weighted by Gasteiger charge is -2.11. The van der Waals surface area contributed by atoms with Gasteiger partial charge in [0, 0.05) is 29.2 Å². The predicted molar refractivity (Wildman–Crippen MR) is 82.9 cm³/mol. The highest BCUT2D eigenvalue weighted by Crippen LogP contribution is 2.26. The molecule has 0 saturated carbocycles. The number of nitrogen functional groups attached to an aromatic ring is 1. The van der Waals surface area contributed by atoms with Gasteiger partial charge in [0.15, 0.2) is 0 Å². The summed E-state index contributed by atoms with van der Waals surface area (Å²) in [5.41, 5.74) is 8.44. The van der Waals surface area contributed by atoms with E-state index in [-0.39, 0.29) is 0 Å². The maximum absolute atomic E-state index is 5.89. The molecule has 0 radical (unpaired) electrons. The molecule has 4 nitrogen and oxygen atoms in total. The predicted octanol–water partition coefficient (Wildman–Crippen LogP) is 3.81. The molecule has 20 heavy (non-hydrogen) atoms. The van der Waals surface area contributed by atoms with Crippen molar-refractivity contribution in [2.24, 2.45) is 0 Å². The van der Waals surface area contributed by atoms with E-state index in [9.17, 15) is 0 Å². The Balaban J connectivity index is 2.12. The zero-order valence-corrected chi connectivity index (χ0v) is 11.8. The van der Waals surface area contributed by atoms with Crippen LogP contribution in [-0.2, 0) is 0 Å². The number of anilines is 3. The van der Waals surface area contributed by atoms with Crippen molar-refractivity contribution in [1.29, 1.82) is 0 Å². The minimum atomic E-state index is 0.676. The SMILES string of the molecule is CCCOc1cc(N)cc(Nc2ccc(OC)cc2)c1. The Labute approximate surface area is 119 Å². The number of ether oxygens (including phenoxy) is 2. The van der Waals surface area contributed by atoms with Crippen molar-refractivity contribution in [3.05, 3.63) is 42.5 Å². The number of hydrogen-bond donors (Lipinski definition) is 2. The second-order valence-electron chi connectivity index (χ2n) is 4.49. The Morgan fingerprint density at radius 1 is 1.00 bits per heavy atom. The van der Waals surface area contributed by atoms with Crippen LogP contribution < -0.4 is 20.5 Å². The second-order valence-corrected chi connectivity index (χ2v) is 4.49. The molecule has 0 fully saturated rings. The van der Waals surface area contributed by atoms with Crippen LogP contribution in [0.15, 0.2) is 42.5 Å². The number of nitrogens with two attached hydrogens (primary N) is 1. The molecule has 0 saturated heterocycles. The number of nitrogens with one attached hydrogen (secondary N) is 1. The number of hydrogen-bond acceptors (Lipinski definition) is 4. The van der Waals surface area contributed by atoms with Gasteiger partial charge in [-0.15, -0.1) is 0 Å². The minimum Gasteiger partial charge on any atom is -0.497 e. The molecule has 2 aromatic rings. The molecule has 0 aliphatic rings. The third-order valence-corrected chi connectivity index (χ3v) is 2.78. The van der Waals surface area contributed by atoms with Gasteiger partial charge in [0.25, 0.3) is 0 Å². The molecule has 0 aliphatic carbocycles. The molecule has 2 aromatic carbocycles. The lowest BCUT2D eigenvalue weighted by molar-refractivity contribution is 0.318. The quantitative estimate of drug-likeness (QED) is 0.785. The Morgan fingerprint density at radius 2 is 1.75 bits per heavy atom. The Kier molecular flexibility index (Phi) is 4.71. The van der Waals surface area contributed by atoms with Crippen molar-refractivity contribution in [2.45, 2.75) is 13.3 Å². The van der Waals surface area contributed by atoms with Gasteiger partial charge in [-0.05, 0) is 36.8 Å². The summed E-state index contributed by atoms with van der Waals surface area (Å²) in [7, 11) is 1.65. The van der Waals surface area contributed by atoms with Crippen LogP contribution in [-0.4, -0.2) is 13.7 Å². The first-order valence-corrected chi connectivity index (χ1v) is 6.65. The van der Waals surface area contributed by atoms with Gasteiger partial charge in [0.2, 0.25) is 0 Å². The van der Waals surface area contributed by atoms with Crippen LogP contribution >= 0.6 is 0 Å². The number of benzene rings is 2. The van der Waals surface area contributed by atoms with Gasteiger partial charge in [-0.2, -0.15) is 0 Å². The Bertz CT molecular complexity index is 553. The van der Waals surface area contributed by atoms with Gasteiger partial charge < -0.3 is 20.5 Å². The highest BCUT2D eigenvalue weighted by Gasteiger charge is 2.01. The standard InChI is InChI=1S/C16H20N2O2/c1-3-8-20-16-10-12(17)9-14(11-16)18-13-4-6-15(19-2)7-5-13/h4-7,9-11,18H,3,8,17H2,1-2H3. The first kappa shape index (κ1) is 14.1. The zero-order valence-electron chi connectivity index (χ0n) is 11.8. The van der Waals surface area contributed by atoms with Crippen LogP contribution in [0.2, 0.25) is 0 Å². The largest absolute Gasteiger partial charge is 0.497 e. The molecule has 0 atom stereocenters. The van der Waals surface area contributed by atoms with Gasteiger partial charge >= 0.3 is 0 Å². The maximum Gasteiger partial charge on any atom is 0.123 e. The average molecular weight is 272 g/mol. The van der Waals surface area contributed by atoms with Crippen molar-refractivity contribution in [2.75, 3.05) is 24.8 Å². The fourth-order valence-electron chi connectivity index (χ4n) is 1.84. The average Bonchev–Trinajstić information content (AvgIpc) is 2.45. The Morgan fingerprint density at radius 3 is 2.40 bits per heavy atom. The summed E-state index contributed by atoms with van der Waals surface area (Å²) < 4.78 is 10.7. The van der Waals surface area contributed by atoms with E-state index < -0.39 is 0 Å². The van der Waals surface area contributed by atoms with Crippen LogP contribution in [0.4, 0.5) is 17.1 Å². The first-order chi connectivity index (χ1) is 9.71. The monoisotopic (exact) mass is 272 g/mol. The highest BCUT2D eigenvalue weighted by atomic mass is 16.5. The van der Waals surface area contributed by atoms with Crippen LogP contribution in [0.1, 0.15) is 13.3 Å². The number of rotatable bonds is 6. The summed E-state index contributed by atoms with van der Waals surface area (Å²) in [6, 6.07) is 13.4. The van der Waals surface area contributed by atoms with E-state index >= 15 is 0 Å². The van der Waals surface area contributed by atoms with Crippen molar-refractivity contribution >= 4 is 17.1 Å². The topological polar surface area (TPSA) is 56.5 Å². The van der Waals surface area contributed by atoms with E-state index in [0.717, 1.165) is 29.3 Å². The van der Waals surface area contributed by atoms with Gasteiger partial charge in [-0.25, -0.2) is 0 Å². The van der Waals surface area contributed by atoms with Crippen LogP contribution in [0.3, 0.4) is 0 Å². The van der Waals surface area contributed by atoms with Gasteiger partial charge in [0.05, 0.1) is 13.7 Å². The summed E-state index contributed by atoms with van der Waals surface area (Å²) in [4.78, 5) is 0. The Hall–Kier alpha value is -2.36. The molecule has 0 spiro atoms. The van der Waals surface area contributed by atoms with E-state index in [1.165, 1.54) is 0 Å². The van der Waals surface area contributed by atoms with Crippen molar-refractivity contribution in [3.8, 4) is 11.5 Å². The molecule has 0 unspecified atom stereocenters. The van der Waals surface area contributed by atoms with Crippen molar-refractivity contribution in [3.63, 3.8) is 0 Å². The summed E-state index contributed by atoms with van der Waals surface area (Å²) in [6.45, 7) is 2.76. The molecule has 0 bridgehead atoms. The normalized spacial score (nSPS) is 10.1. The molecule has 0 amide bonds. The van der Waals surface area contributed by atoms with Crippen LogP contribution in [0, 0.1) is 0 Å². The highest BCUT2D eigenvalue weighted by molar-refractivity contribution is 5.66. The minimum absolute atomic E-state index is 0.676. The molecule has 0 heterocycles. The molecule has 2 rings (SSSR count). The molecule has 4 heteroatoms. The summed E-state index contributed by atoms with van der Waals surface area (Å²) in [5.74, 6) is 1.61. The smallest absolute Gasteiger partial charge is 0.123 e. The van der Waals surface area contributed by atoms with Gasteiger partial charge in [-0.1, -0.05) is 6.92 Å². The molecular formula is C16H20N2O2. The van der Waals surface area contributed by atoms with E-state index in [2.05, 4.69) is 12.2 Å². The third-order valence-electron chi connectivity index (χ3n) is 2.78. The van der Waals surface area contributed by atoms with Gasteiger partial charge in [0.1, 0.15) is 11.5 Å². The van der Waals surface area contributed by atoms with Gasteiger partial charge in [-0.3, -0.25) is 0 Å². The second kappa shape index (κ2) is 6.70. The van der Waals surface area contributed by atoms with Crippen LogP contribution in [0.5, 0.6) is 11.5 Å². The maximum atomic E-state index is 5.89. The third kappa shape index (κ3) is 3.82. The molecule has 0 aliphatic heterocycles. The van der Waals surface area contributed by atoms with Crippen molar-refractivity contribution in [1.82, 2.24) is 0 Å². The summed E-state index contributed by atoms with van der Waals surface area (Å²) in [5, 5.41) is 3.30. The molecule has 0 aromatic heterocycles. The van der Waals surface area contributed by atoms with Crippen LogP contribution in [0.25, 0.3) is 0 Å². The van der Waals surface area contributed by atoms with E-state index in [1.54, 1.807) is 7.11 Å². The first-order valence-electron chi connectivity index (χ1n) is 6.65. The zero-order chi connectivity index (χ0) is 14.4. The molecule has 3 N–H and O–H groups in total. The molecular weight excluding hydrogens is 252 g/mol. The van der Waals surface area contributed by atoms with Crippen molar-refractivity contribution < 1.29 is 9.47 Å². The fraction of sp³-hybridized carbons (Fsp3) is 0.250. The lowest BCUT2D eigenvalue weighted by Crippen LogP contribution is -1.98. The fourth-order valence-corrected chi connectivity index (χ4v) is 1.84. The van der Waals surface area contributed by atoms with E-state index in [1.807, 2.05) is 42.5 Å². The lowest BCUT2D eigenvalue weighted by atomic mass is 10.2. The molecule has 106 valence electrons. The summed E-state index contributed by atoms with van der Waals surface area (Å²) >= 11 is 0. The van der Waals surface area contributed by atoms with E-state index in [4.69, 9.17) is 15.2 Å². The summed E-state index contributed by atoms with van der Waals surface area (Å²) in [6.07, 6.45) is 0.968. The number of methoxy groups -OCH3 is 1.